The van der Waals surface area contributed by atoms with Crippen molar-refractivity contribution in [3.63, 3.8) is 0 Å². The number of phenolic OH excluding ortho intramolecular Hbond substituents is 1. The zero-order valence-corrected chi connectivity index (χ0v) is 14.2. The number of rotatable bonds is 4. The molecule has 0 aliphatic rings. The van der Waals surface area contributed by atoms with Crippen molar-refractivity contribution in [2.45, 2.75) is 13.5 Å². The second-order valence-electron chi connectivity index (χ2n) is 3.57. The van der Waals surface area contributed by atoms with Crippen LogP contribution >= 0.6 is 45.2 Å². The fourth-order valence-corrected chi connectivity index (χ4v) is 3.44. The van der Waals surface area contributed by atoms with Crippen LogP contribution in [-0.2, 0) is 16.1 Å². The molecule has 0 aliphatic carbocycles. The van der Waals surface area contributed by atoms with Gasteiger partial charge in [-0.3, -0.25) is 0 Å². The number of halogens is 2. The Morgan fingerprint density at radius 1 is 1.50 bits per heavy atom. The fraction of sp³-hybridized carbons (Fsp3) is 0.250. The van der Waals surface area contributed by atoms with Gasteiger partial charge in [0.2, 0.25) is 0 Å². The summed E-state index contributed by atoms with van der Waals surface area (Å²) < 4.78 is 11.6. The average Bonchev–Trinajstić information content (AvgIpc) is 2.32. The summed E-state index contributed by atoms with van der Waals surface area (Å²) >= 11 is 4.09. The minimum atomic E-state index is -0.477. The van der Waals surface area contributed by atoms with E-state index in [-0.39, 0.29) is 12.4 Å². The molecule has 0 spiro atoms. The maximum atomic E-state index is 11.3. The number of hydrogen-bond donors (Lipinski definition) is 1. The number of carbonyl (C=O) groups is 1. The molecule has 6 heteroatoms. The SMILES string of the molecule is C=C(C)C(=O)OCc1cc(I)c(OC)c(I)c1O. The molecule has 1 rings (SSSR count). The largest absolute Gasteiger partial charge is 0.506 e. The Morgan fingerprint density at radius 2 is 2.11 bits per heavy atom. The molecule has 0 unspecified atom stereocenters. The van der Waals surface area contributed by atoms with Crippen molar-refractivity contribution in [3.8, 4) is 11.5 Å². The molecule has 0 radical (unpaired) electrons. The Labute approximate surface area is 133 Å². The summed E-state index contributed by atoms with van der Waals surface area (Å²) in [4.78, 5) is 11.3. The van der Waals surface area contributed by atoms with Gasteiger partial charge in [-0.25, -0.2) is 4.79 Å². The van der Waals surface area contributed by atoms with E-state index in [2.05, 4.69) is 29.2 Å². The smallest absolute Gasteiger partial charge is 0.333 e. The number of benzene rings is 1. The van der Waals surface area contributed by atoms with E-state index in [9.17, 15) is 9.90 Å². The van der Waals surface area contributed by atoms with Crippen LogP contribution in [0.4, 0.5) is 0 Å². The van der Waals surface area contributed by atoms with Crippen LogP contribution in [0, 0.1) is 7.14 Å². The van der Waals surface area contributed by atoms with Crippen LogP contribution in [0.1, 0.15) is 12.5 Å². The average molecular weight is 474 g/mol. The lowest BCUT2D eigenvalue weighted by Crippen LogP contribution is -2.06. The quantitative estimate of drug-likeness (QED) is 0.414. The van der Waals surface area contributed by atoms with E-state index in [1.807, 2.05) is 22.6 Å². The highest BCUT2D eigenvalue weighted by Crippen LogP contribution is 2.37. The van der Waals surface area contributed by atoms with Gasteiger partial charge < -0.3 is 14.6 Å². The first-order chi connectivity index (χ1) is 8.38. The summed E-state index contributed by atoms with van der Waals surface area (Å²) in [6, 6.07) is 1.72. The molecule has 0 aromatic heterocycles. The summed E-state index contributed by atoms with van der Waals surface area (Å²) in [6.45, 7) is 5.07. The van der Waals surface area contributed by atoms with E-state index in [0.29, 0.717) is 20.5 Å². The first-order valence-electron chi connectivity index (χ1n) is 4.95. The third-order valence-electron chi connectivity index (χ3n) is 2.14. The molecule has 0 atom stereocenters. The van der Waals surface area contributed by atoms with Crippen molar-refractivity contribution in [2.75, 3.05) is 7.11 Å². The van der Waals surface area contributed by atoms with Crippen LogP contribution in [0.2, 0.25) is 0 Å². The number of aromatic hydroxyl groups is 1. The summed E-state index contributed by atoms with van der Waals surface area (Å²) in [5.41, 5.74) is 0.867. The van der Waals surface area contributed by atoms with Crippen LogP contribution < -0.4 is 4.74 Å². The van der Waals surface area contributed by atoms with Gasteiger partial charge in [0.25, 0.3) is 0 Å². The molecule has 1 aromatic carbocycles. The van der Waals surface area contributed by atoms with Crippen LogP contribution in [0.15, 0.2) is 18.2 Å². The first-order valence-corrected chi connectivity index (χ1v) is 7.10. The van der Waals surface area contributed by atoms with Crippen LogP contribution in [0.3, 0.4) is 0 Å². The van der Waals surface area contributed by atoms with Gasteiger partial charge in [0, 0.05) is 11.1 Å². The van der Waals surface area contributed by atoms with Crippen LogP contribution in [0.5, 0.6) is 11.5 Å². The molecule has 18 heavy (non-hydrogen) atoms. The molecule has 98 valence electrons. The van der Waals surface area contributed by atoms with Gasteiger partial charge in [-0.15, -0.1) is 0 Å². The number of hydrogen-bond acceptors (Lipinski definition) is 4. The van der Waals surface area contributed by atoms with Gasteiger partial charge in [0.05, 0.1) is 14.3 Å². The van der Waals surface area contributed by atoms with Gasteiger partial charge in [-0.05, 0) is 58.2 Å². The van der Waals surface area contributed by atoms with Gasteiger partial charge in [-0.2, -0.15) is 0 Å². The minimum absolute atomic E-state index is 0.00746. The monoisotopic (exact) mass is 474 g/mol. The Kier molecular flexibility index (Phi) is 5.70. The molecular weight excluding hydrogens is 462 g/mol. The van der Waals surface area contributed by atoms with Crippen molar-refractivity contribution in [1.29, 1.82) is 0 Å². The van der Waals surface area contributed by atoms with E-state index in [1.165, 1.54) is 0 Å². The topological polar surface area (TPSA) is 55.8 Å². The first kappa shape index (κ1) is 15.5. The lowest BCUT2D eigenvalue weighted by molar-refractivity contribution is -0.140. The maximum absolute atomic E-state index is 11.3. The fourth-order valence-electron chi connectivity index (χ4n) is 1.20. The van der Waals surface area contributed by atoms with Crippen LogP contribution in [0.25, 0.3) is 0 Å². The summed E-state index contributed by atoms with van der Waals surface area (Å²) in [5, 5.41) is 9.98. The third-order valence-corrected chi connectivity index (χ3v) is 3.94. The zero-order valence-electron chi connectivity index (χ0n) is 9.92. The number of ether oxygens (including phenoxy) is 2. The second-order valence-corrected chi connectivity index (χ2v) is 5.81. The lowest BCUT2D eigenvalue weighted by atomic mass is 10.2. The number of esters is 1. The summed E-state index contributed by atoms with van der Waals surface area (Å²) in [6.07, 6.45) is 0. The molecule has 0 aliphatic heterocycles. The number of phenols is 1. The molecule has 0 bridgehead atoms. The zero-order chi connectivity index (χ0) is 13.9. The highest BCUT2D eigenvalue weighted by Gasteiger charge is 2.16. The van der Waals surface area contributed by atoms with Crippen molar-refractivity contribution >= 4 is 51.2 Å². The molecule has 0 fully saturated rings. The van der Waals surface area contributed by atoms with Gasteiger partial charge >= 0.3 is 5.97 Å². The third kappa shape index (κ3) is 3.50. The molecule has 0 saturated carbocycles. The van der Waals surface area contributed by atoms with Gasteiger partial charge in [-0.1, -0.05) is 6.58 Å². The van der Waals surface area contributed by atoms with E-state index in [4.69, 9.17) is 9.47 Å². The van der Waals surface area contributed by atoms with Gasteiger partial charge in [0.15, 0.2) is 0 Å². The molecule has 0 heterocycles. The highest BCUT2D eigenvalue weighted by molar-refractivity contribution is 14.1. The molecule has 1 aromatic rings. The standard InChI is InChI=1S/C12H12I2O4/c1-6(2)12(16)18-5-7-4-8(13)11(17-3)9(14)10(7)15/h4,15H,1,5H2,2-3H3. The molecular formula is C12H12I2O4. The van der Waals surface area contributed by atoms with Crippen molar-refractivity contribution in [3.05, 3.63) is 30.9 Å². The Hall–Kier alpha value is -0.510. The summed E-state index contributed by atoms with van der Waals surface area (Å²) in [7, 11) is 1.54. The predicted octanol–water partition coefficient (Wildman–Crippen LogP) is 3.23. The normalized spacial score (nSPS) is 10.0. The predicted molar refractivity (Wildman–Crippen MR) is 84.7 cm³/mol. The van der Waals surface area contributed by atoms with E-state index in [1.54, 1.807) is 20.1 Å². The Balaban J connectivity index is 2.98. The summed E-state index contributed by atoms with van der Waals surface area (Å²) in [5.74, 6) is 0.210. The highest BCUT2D eigenvalue weighted by atomic mass is 127. The van der Waals surface area contributed by atoms with Crippen molar-refractivity contribution < 1.29 is 19.4 Å². The molecule has 4 nitrogen and oxygen atoms in total. The molecule has 0 amide bonds. The number of carbonyl (C=O) groups excluding carboxylic acids is 1. The Morgan fingerprint density at radius 3 is 2.61 bits per heavy atom. The van der Waals surface area contributed by atoms with E-state index in [0.717, 1.165) is 3.57 Å². The van der Waals surface area contributed by atoms with Gasteiger partial charge in [0.1, 0.15) is 18.1 Å². The minimum Gasteiger partial charge on any atom is -0.506 e. The maximum Gasteiger partial charge on any atom is 0.333 e. The molecule has 0 saturated heterocycles. The number of methoxy groups -OCH3 is 1. The Bertz CT molecular complexity index is 497. The van der Waals surface area contributed by atoms with Crippen molar-refractivity contribution in [2.24, 2.45) is 0 Å². The van der Waals surface area contributed by atoms with E-state index < -0.39 is 5.97 Å². The lowest BCUT2D eigenvalue weighted by Gasteiger charge is -2.12. The molecule has 1 N–H and O–H groups in total. The van der Waals surface area contributed by atoms with E-state index >= 15 is 0 Å². The van der Waals surface area contributed by atoms with Crippen LogP contribution in [-0.4, -0.2) is 18.2 Å². The van der Waals surface area contributed by atoms with Crippen molar-refractivity contribution in [1.82, 2.24) is 0 Å². The second kappa shape index (κ2) is 6.60.